The molecule has 0 bridgehead atoms. The number of hydrogen-bond acceptors (Lipinski definition) is 5. The zero-order valence-electron chi connectivity index (χ0n) is 17.5. The van der Waals surface area contributed by atoms with Gasteiger partial charge in [0.05, 0.1) is 5.25 Å². The number of carboxylic acid groups (broad SMARTS) is 1. The minimum atomic E-state index is -1.17. The largest absolute Gasteiger partial charge is 0.480 e. The predicted molar refractivity (Wildman–Crippen MR) is 125 cm³/mol. The van der Waals surface area contributed by atoms with Gasteiger partial charge in [0.25, 0.3) is 0 Å². The van der Waals surface area contributed by atoms with Crippen molar-refractivity contribution >= 4 is 45.3 Å². The number of nitrogens with one attached hydrogen (secondary N) is 1. The summed E-state index contributed by atoms with van der Waals surface area (Å²) < 4.78 is 0. The molecule has 2 atom stereocenters. The molecule has 2 N–H and O–H groups in total. The first-order chi connectivity index (χ1) is 15.3. The average molecular weight is 450 g/mol. The van der Waals surface area contributed by atoms with Gasteiger partial charge < -0.3 is 10.4 Å². The Labute approximate surface area is 190 Å². The molecule has 3 aromatic carbocycles. The van der Waals surface area contributed by atoms with Gasteiger partial charge in [-0.1, -0.05) is 84.6 Å². The molecule has 0 aliphatic heterocycles. The highest BCUT2D eigenvalue weighted by molar-refractivity contribution is 8.14. The normalized spacial score (nSPS) is 12.7. The Bertz CT molecular complexity index is 1140. The smallest absolute Gasteiger partial charge is 0.326 e. The zero-order chi connectivity index (χ0) is 23.1. The van der Waals surface area contributed by atoms with Crippen LogP contribution in [0.2, 0.25) is 0 Å². The zero-order valence-corrected chi connectivity index (χ0v) is 18.3. The van der Waals surface area contributed by atoms with E-state index in [4.69, 9.17) is 0 Å². The van der Waals surface area contributed by atoms with Crippen LogP contribution in [0, 0.1) is 0 Å². The molecular formula is C25H23NO5S. The SMILES string of the molecule is CC(=O)SC(CC(=O)N[C@@H](Cc1ccccc1)C(=O)O)C(=O)c1cccc2ccccc12. The molecule has 6 nitrogen and oxygen atoms in total. The number of carbonyl (C=O) groups excluding carboxylic acids is 3. The highest BCUT2D eigenvalue weighted by Crippen LogP contribution is 2.26. The molecule has 0 aliphatic rings. The second kappa shape index (κ2) is 10.7. The monoisotopic (exact) mass is 449 g/mol. The molecule has 3 rings (SSSR count). The van der Waals surface area contributed by atoms with Crippen molar-refractivity contribution in [1.29, 1.82) is 0 Å². The Morgan fingerprint density at radius 2 is 1.56 bits per heavy atom. The Kier molecular flexibility index (Phi) is 7.78. The number of rotatable bonds is 9. The topological polar surface area (TPSA) is 101 Å². The van der Waals surface area contributed by atoms with E-state index in [9.17, 15) is 24.3 Å². The van der Waals surface area contributed by atoms with Crippen LogP contribution in [0.25, 0.3) is 10.8 Å². The first-order valence-electron chi connectivity index (χ1n) is 10.1. The number of ketones is 1. The van der Waals surface area contributed by atoms with Crippen LogP contribution >= 0.6 is 11.8 Å². The number of Topliss-reactive ketones (excluding diaryl/α,β-unsaturated/α-hetero) is 1. The third-order valence-corrected chi connectivity index (χ3v) is 5.94. The number of thioether (sulfide) groups is 1. The molecule has 0 heterocycles. The van der Waals surface area contributed by atoms with Crippen molar-refractivity contribution in [2.24, 2.45) is 0 Å². The first-order valence-corrected chi connectivity index (χ1v) is 11.0. The molecule has 0 aliphatic carbocycles. The van der Waals surface area contributed by atoms with Gasteiger partial charge in [-0.2, -0.15) is 0 Å². The molecule has 164 valence electrons. The van der Waals surface area contributed by atoms with Crippen LogP contribution in [0.4, 0.5) is 0 Å². The van der Waals surface area contributed by atoms with Gasteiger partial charge in [0.2, 0.25) is 5.91 Å². The summed E-state index contributed by atoms with van der Waals surface area (Å²) in [4.78, 5) is 49.4. The fraction of sp³-hybridized carbons (Fsp3) is 0.200. The number of hydrogen-bond donors (Lipinski definition) is 2. The van der Waals surface area contributed by atoms with E-state index in [1.807, 2.05) is 36.4 Å². The summed E-state index contributed by atoms with van der Waals surface area (Å²) in [5.41, 5.74) is 1.19. The first kappa shape index (κ1) is 23.2. The van der Waals surface area contributed by atoms with Crippen LogP contribution in [-0.4, -0.2) is 39.2 Å². The van der Waals surface area contributed by atoms with Crippen LogP contribution in [0.5, 0.6) is 0 Å². The van der Waals surface area contributed by atoms with Crippen molar-refractivity contribution in [1.82, 2.24) is 5.32 Å². The molecule has 0 aromatic heterocycles. The fourth-order valence-corrected chi connectivity index (χ4v) is 4.34. The number of amides is 1. The minimum Gasteiger partial charge on any atom is -0.480 e. The maximum Gasteiger partial charge on any atom is 0.326 e. The second-order valence-corrected chi connectivity index (χ2v) is 8.72. The molecular weight excluding hydrogens is 426 g/mol. The van der Waals surface area contributed by atoms with Gasteiger partial charge in [-0.3, -0.25) is 14.4 Å². The van der Waals surface area contributed by atoms with Gasteiger partial charge in [-0.15, -0.1) is 0 Å². The number of carboxylic acids is 1. The summed E-state index contributed by atoms with van der Waals surface area (Å²) in [6.45, 7) is 1.33. The Morgan fingerprint density at radius 1 is 0.906 bits per heavy atom. The van der Waals surface area contributed by atoms with Gasteiger partial charge in [-0.25, -0.2) is 4.79 Å². The molecule has 3 aromatic rings. The maximum absolute atomic E-state index is 13.3. The Hall–Kier alpha value is -3.45. The average Bonchev–Trinajstić information content (AvgIpc) is 2.77. The van der Waals surface area contributed by atoms with Crippen LogP contribution in [-0.2, 0) is 20.8 Å². The predicted octanol–water partition coefficient (Wildman–Crippen LogP) is 3.87. The van der Waals surface area contributed by atoms with E-state index >= 15 is 0 Å². The van der Waals surface area contributed by atoms with Crippen molar-refractivity contribution in [2.75, 3.05) is 0 Å². The van der Waals surface area contributed by atoms with E-state index in [2.05, 4.69) is 5.32 Å². The highest BCUT2D eigenvalue weighted by atomic mass is 32.2. The summed E-state index contributed by atoms with van der Waals surface area (Å²) in [6.07, 6.45) is -0.186. The molecule has 0 saturated heterocycles. The molecule has 1 unspecified atom stereocenters. The lowest BCUT2D eigenvalue weighted by Gasteiger charge is -2.18. The van der Waals surface area contributed by atoms with Crippen molar-refractivity contribution < 1.29 is 24.3 Å². The third-order valence-electron chi connectivity index (χ3n) is 4.94. The lowest BCUT2D eigenvalue weighted by atomic mass is 9.98. The molecule has 0 saturated carbocycles. The van der Waals surface area contributed by atoms with Crippen LogP contribution in [0.3, 0.4) is 0 Å². The molecule has 7 heteroatoms. The van der Waals surface area contributed by atoms with Crippen molar-refractivity contribution in [3.05, 3.63) is 83.9 Å². The van der Waals surface area contributed by atoms with E-state index in [0.717, 1.165) is 28.1 Å². The summed E-state index contributed by atoms with van der Waals surface area (Å²) in [5, 5.41) is 12.4. The Balaban J connectivity index is 1.78. The third kappa shape index (κ3) is 6.04. The highest BCUT2D eigenvalue weighted by Gasteiger charge is 2.28. The van der Waals surface area contributed by atoms with E-state index in [1.165, 1.54) is 6.92 Å². The quantitative estimate of drug-likeness (QED) is 0.481. The lowest BCUT2D eigenvalue weighted by Crippen LogP contribution is -2.43. The van der Waals surface area contributed by atoms with E-state index in [-0.39, 0.29) is 23.7 Å². The van der Waals surface area contributed by atoms with Crippen LogP contribution < -0.4 is 5.32 Å². The van der Waals surface area contributed by atoms with Gasteiger partial charge in [0.15, 0.2) is 10.9 Å². The fourth-order valence-electron chi connectivity index (χ4n) is 3.47. The van der Waals surface area contributed by atoms with Crippen molar-refractivity contribution in [3.8, 4) is 0 Å². The van der Waals surface area contributed by atoms with Crippen molar-refractivity contribution in [2.45, 2.75) is 31.1 Å². The molecule has 0 radical (unpaired) electrons. The van der Waals surface area contributed by atoms with Crippen molar-refractivity contribution in [3.63, 3.8) is 0 Å². The van der Waals surface area contributed by atoms with E-state index in [0.29, 0.717) is 5.56 Å². The standard InChI is InChI=1S/C25H23NO5S/c1-16(27)32-22(24(29)20-13-7-11-18-10-5-6-12-19(18)20)15-23(28)26-21(25(30)31)14-17-8-3-2-4-9-17/h2-13,21-22H,14-15H2,1H3,(H,26,28)(H,30,31)/t21-,22?/m0/s1. The molecule has 0 spiro atoms. The molecule has 0 fully saturated rings. The summed E-state index contributed by atoms with van der Waals surface area (Å²) in [6, 6.07) is 20.5. The van der Waals surface area contributed by atoms with Crippen LogP contribution in [0.1, 0.15) is 29.3 Å². The van der Waals surface area contributed by atoms with Gasteiger partial charge >= 0.3 is 5.97 Å². The summed E-state index contributed by atoms with van der Waals surface area (Å²) >= 11 is 0.782. The maximum atomic E-state index is 13.3. The van der Waals surface area contributed by atoms with Gasteiger partial charge in [0.1, 0.15) is 6.04 Å². The molecule has 1 amide bonds. The van der Waals surface area contributed by atoms with Gasteiger partial charge in [-0.05, 0) is 16.3 Å². The second-order valence-electron chi connectivity index (χ2n) is 7.34. The molecule has 32 heavy (non-hydrogen) atoms. The number of benzene rings is 3. The number of carbonyl (C=O) groups is 4. The van der Waals surface area contributed by atoms with Crippen LogP contribution in [0.15, 0.2) is 72.8 Å². The van der Waals surface area contributed by atoms with Gasteiger partial charge in [0, 0.05) is 25.3 Å². The number of aliphatic carboxylic acids is 1. The number of fused-ring (bicyclic) bond motifs is 1. The van der Waals surface area contributed by atoms with E-state index < -0.39 is 23.2 Å². The Morgan fingerprint density at radius 3 is 2.25 bits per heavy atom. The lowest BCUT2D eigenvalue weighted by molar-refractivity contribution is -0.141. The minimum absolute atomic E-state index is 0.115. The van der Waals surface area contributed by atoms with E-state index in [1.54, 1.807) is 36.4 Å². The summed E-state index contributed by atoms with van der Waals surface area (Å²) in [7, 11) is 0. The summed E-state index contributed by atoms with van der Waals surface area (Å²) in [5.74, 6) is -2.11.